The average molecular weight is 468 g/mol. The molecule has 3 heterocycles. The lowest BCUT2D eigenvalue weighted by molar-refractivity contribution is 0.101. The quantitative estimate of drug-likeness (QED) is 0.550. The van der Waals surface area contributed by atoms with Crippen molar-refractivity contribution < 1.29 is 9.53 Å². The third kappa shape index (κ3) is 4.45. The van der Waals surface area contributed by atoms with Crippen molar-refractivity contribution in [3.05, 3.63) is 63.9 Å². The number of benzene rings is 1. The molecule has 4 rings (SSSR count). The van der Waals surface area contributed by atoms with Crippen LogP contribution in [0.3, 0.4) is 0 Å². The zero-order valence-electron chi connectivity index (χ0n) is 17.9. The lowest BCUT2D eigenvalue weighted by Gasteiger charge is -2.24. The third-order valence-corrected chi connectivity index (χ3v) is 6.62. The van der Waals surface area contributed by atoms with Crippen molar-refractivity contribution in [1.82, 2.24) is 14.8 Å². The Labute approximate surface area is 195 Å². The van der Waals surface area contributed by atoms with Crippen LogP contribution in [0.4, 0.5) is 5.69 Å². The Morgan fingerprint density at radius 3 is 2.78 bits per heavy atom. The van der Waals surface area contributed by atoms with Crippen LogP contribution in [0.1, 0.15) is 46.9 Å². The van der Waals surface area contributed by atoms with Crippen LogP contribution in [0, 0.1) is 18.3 Å². The average Bonchev–Trinajstić information content (AvgIpc) is 3.16. The Hall–Kier alpha value is -3.02. The molecule has 32 heavy (non-hydrogen) atoms. The van der Waals surface area contributed by atoms with Gasteiger partial charge in [0.2, 0.25) is 5.88 Å². The Morgan fingerprint density at radius 2 is 2.16 bits per heavy atom. The molecule has 7 nitrogen and oxygen atoms in total. The SMILES string of the molecule is Cc1cc(C#N)cc(C(C)C)c1NC(=O)c1cc(OC2CSC2)nn1-c1ncccc1Cl. The van der Waals surface area contributed by atoms with Crippen LogP contribution in [0.25, 0.3) is 5.82 Å². The first-order valence-corrected chi connectivity index (χ1v) is 11.7. The van der Waals surface area contributed by atoms with Gasteiger partial charge in [-0.3, -0.25) is 4.79 Å². The first kappa shape index (κ1) is 22.2. The summed E-state index contributed by atoms with van der Waals surface area (Å²) in [7, 11) is 0. The van der Waals surface area contributed by atoms with Crippen molar-refractivity contribution in [1.29, 1.82) is 5.26 Å². The second-order valence-electron chi connectivity index (χ2n) is 7.84. The molecule has 1 N–H and O–H groups in total. The largest absolute Gasteiger partial charge is 0.472 e. The number of thioether (sulfide) groups is 1. The van der Waals surface area contributed by atoms with Crippen LogP contribution in [-0.2, 0) is 0 Å². The van der Waals surface area contributed by atoms with E-state index in [0.29, 0.717) is 28.0 Å². The summed E-state index contributed by atoms with van der Waals surface area (Å²) in [6, 6.07) is 10.8. The van der Waals surface area contributed by atoms with Crippen LogP contribution < -0.4 is 10.1 Å². The number of aromatic nitrogens is 3. The van der Waals surface area contributed by atoms with E-state index in [9.17, 15) is 10.1 Å². The number of anilines is 1. The summed E-state index contributed by atoms with van der Waals surface area (Å²) in [6.45, 7) is 5.91. The molecule has 0 atom stereocenters. The smallest absolute Gasteiger partial charge is 0.274 e. The zero-order valence-corrected chi connectivity index (χ0v) is 19.5. The number of hydrogen-bond acceptors (Lipinski definition) is 6. The molecule has 1 aliphatic rings. The number of rotatable bonds is 6. The van der Waals surface area contributed by atoms with E-state index in [2.05, 4.69) is 21.5 Å². The minimum Gasteiger partial charge on any atom is -0.472 e. The van der Waals surface area contributed by atoms with Gasteiger partial charge < -0.3 is 10.1 Å². The number of pyridine rings is 1. The van der Waals surface area contributed by atoms with Crippen LogP contribution >= 0.6 is 23.4 Å². The highest BCUT2D eigenvalue weighted by Crippen LogP contribution is 2.31. The molecule has 0 saturated carbocycles. The number of nitrogens with one attached hydrogen (secondary N) is 1. The number of hydrogen-bond donors (Lipinski definition) is 1. The number of amides is 1. The molecule has 1 aromatic carbocycles. The van der Waals surface area contributed by atoms with Crippen LogP contribution in [0.5, 0.6) is 5.88 Å². The summed E-state index contributed by atoms with van der Waals surface area (Å²) < 4.78 is 7.32. The lowest BCUT2D eigenvalue weighted by Crippen LogP contribution is -2.31. The maximum Gasteiger partial charge on any atom is 0.274 e. The number of nitriles is 1. The fourth-order valence-corrected chi connectivity index (χ4v) is 4.17. The number of carbonyl (C=O) groups excluding carboxylic acids is 1. The minimum absolute atomic E-state index is 0.0757. The van der Waals surface area contributed by atoms with Gasteiger partial charge in [-0.05, 0) is 48.2 Å². The summed E-state index contributed by atoms with van der Waals surface area (Å²) in [5.41, 5.74) is 3.20. The molecule has 3 aromatic rings. The fraction of sp³-hybridized carbons (Fsp3) is 0.304. The monoisotopic (exact) mass is 467 g/mol. The van der Waals surface area contributed by atoms with E-state index < -0.39 is 0 Å². The first-order valence-electron chi connectivity index (χ1n) is 10.2. The van der Waals surface area contributed by atoms with Crippen LogP contribution in [0.2, 0.25) is 5.02 Å². The maximum absolute atomic E-state index is 13.4. The van der Waals surface area contributed by atoms with Gasteiger partial charge >= 0.3 is 0 Å². The number of nitrogens with zero attached hydrogens (tertiary/aromatic N) is 4. The molecule has 0 bridgehead atoms. The summed E-state index contributed by atoms with van der Waals surface area (Å²) in [5.74, 6) is 2.22. The van der Waals surface area contributed by atoms with Gasteiger partial charge in [0.1, 0.15) is 11.8 Å². The second-order valence-corrected chi connectivity index (χ2v) is 9.33. The Balaban J connectivity index is 1.74. The summed E-state index contributed by atoms with van der Waals surface area (Å²) >= 11 is 8.14. The van der Waals surface area contributed by atoms with E-state index in [1.165, 1.54) is 4.68 Å². The first-order chi connectivity index (χ1) is 15.4. The maximum atomic E-state index is 13.4. The standard InChI is InChI=1S/C23H22ClN5O2S/c1-13(2)17-8-15(10-25)7-14(3)21(17)27-23(30)19-9-20(31-16-11-32-12-16)28-29(19)22-18(24)5-4-6-26-22/h4-9,13,16H,11-12H2,1-3H3,(H,27,30). The van der Waals surface area contributed by atoms with E-state index in [4.69, 9.17) is 16.3 Å². The lowest BCUT2D eigenvalue weighted by atomic mass is 9.95. The van der Waals surface area contributed by atoms with E-state index in [1.807, 2.05) is 26.8 Å². The molecule has 0 unspecified atom stereocenters. The Kier molecular flexibility index (Phi) is 6.40. The molecule has 164 valence electrons. The number of ether oxygens (including phenoxy) is 1. The van der Waals surface area contributed by atoms with E-state index >= 15 is 0 Å². The molecule has 0 radical (unpaired) electrons. The molecule has 0 spiro atoms. The summed E-state index contributed by atoms with van der Waals surface area (Å²) in [4.78, 5) is 17.7. The third-order valence-electron chi connectivity index (χ3n) is 5.11. The van der Waals surface area contributed by atoms with Gasteiger partial charge in [-0.1, -0.05) is 25.4 Å². The zero-order chi connectivity index (χ0) is 22.8. The predicted octanol–water partition coefficient (Wildman–Crippen LogP) is 4.97. The van der Waals surface area contributed by atoms with Gasteiger partial charge in [-0.2, -0.15) is 17.0 Å². The molecule has 2 aromatic heterocycles. The highest BCUT2D eigenvalue weighted by Gasteiger charge is 2.25. The van der Waals surface area contributed by atoms with E-state index in [-0.39, 0.29) is 23.6 Å². The van der Waals surface area contributed by atoms with Gasteiger partial charge in [-0.15, -0.1) is 5.10 Å². The number of aryl methyl sites for hydroxylation is 1. The molecule has 1 saturated heterocycles. The summed E-state index contributed by atoms with van der Waals surface area (Å²) in [5, 5.41) is 17.2. The molecular weight excluding hydrogens is 446 g/mol. The van der Waals surface area contributed by atoms with Gasteiger partial charge in [-0.25, -0.2) is 9.67 Å². The predicted molar refractivity (Wildman–Crippen MR) is 126 cm³/mol. The molecule has 9 heteroatoms. The molecule has 0 aliphatic carbocycles. The second kappa shape index (κ2) is 9.23. The molecule has 1 amide bonds. The van der Waals surface area contributed by atoms with Crippen molar-refractivity contribution in [3.63, 3.8) is 0 Å². The summed E-state index contributed by atoms with van der Waals surface area (Å²) in [6.07, 6.45) is 1.67. The van der Waals surface area contributed by atoms with E-state index in [0.717, 1.165) is 22.6 Å². The number of carbonyl (C=O) groups is 1. The van der Waals surface area contributed by atoms with Gasteiger partial charge in [0.15, 0.2) is 5.82 Å². The normalized spacial score (nSPS) is 13.5. The van der Waals surface area contributed by atoms with Gasteiger partial charge in [0.05, 0.1) is 16.7 Å². The van der Waals surface area contributed by atoms with Crippen molar-refractivity contribution in [2.45, 2.75) is 32.8 Å². The van der Waals surface area contributed by atoms with Crippen LogP contribution in [0.15, 0.2) is 36.5 Å². The molecule has 1 aliphatic heterocycles. The minimum atomic E-state index is -0.369. The highest BCUT2D eigenvalue weighted by molar-refractivity contribution is 8.00. The number of halogens is 1. The van der Waals surface area contributed by atoms with Gasteiger partial charge in [0.25, 0.3) is 5.91 Å². The molecular formula is C23H22ClN5O2S. The van der Waals surface area contributed by atoms with Crippen molar-refractivity contribution in [2.24, 2.45) is 0 Å². The topological polar surface area (TPSA) is 92.8 Å². The van der Waals surface area contributed by atoms with Crippen molar-refractivity contribution >= 4 is 35.0 Å². The Bertz CT molecular complexity index is 1210. The highest BCUT2D eigenvalue weighted by atomic mass is 35.5. The molecule has 1 fully saturated rings. The fourth-order valence-electron chi connectivity index (χ4n) is 3.41. The van der Waals surface area contributed by atoms with Gasteiger partial charge in [0, 0.05) is 29.5 Å². The van der Waals surface area contributed by atoms with E-state index in [1.54, 1.807) is 42.2 Å². The van der Waals surface area contributed by atoms with Crippen LogP contribution in [-0.4, -0.2) is 38.3 Å². The van der Waals surface area contributed by atoms with Crippen molar-refractivity contribution in [2.75, 3.05) is 16.8 Å². The van der Waals surface area contributed by atoms with Crippen molar-refractivity contribution in [3.8, 4) is 17.8 Å². The Morgan fingerprint density at radius 1 is 1.38 bits per heavy atom.